The van der Waals surface area contributed by atoms with Gasteiger partial charge in [-0.15, -0.1) is 0 Å². The number of benzene rings is 1. The van der Waals surface area contributed by atoms with Gasteiger partial charge in [-0.1, -0.05) is 6.92 Å². The second-order valence-electron chi connectivity index (χ2n) is 8.54. The summed E-state index contributed by atoms with van der Waals surface area (Å²) in [6.45, 7) is 6.25. The summed E-state index contributed by atoms with van der Waals surface area (Å²) in [5.74, 6) is 0.744. The van der Waals surface area contributed by atoms with E-state index in [1.165, 1.54) is 24.9 Å². The number of hydrogen-bond donors (Lipinski definition) is 1. The molecule has 3 fully saturated rings. The standard InChI is InChI=1S/C22H31N3O2/c1-16-9-13-24(14-10-16)18-7-5-17(6-8-18)23-21(26)19-15-20(19)22(27)25-11-3-2-4-12-25/h5-8,16,19-20H,2-4,9-15H2,1H3,(H,23,26). The number of nitrogens with zero attached hydrogens (tertiary/aromatic N) is 2. The van der Waals surface area contributed by atoms with Crippen molar-refractivity contribution in [3.05, 3.63) is 24.3 Å². The van der Waals surface area contributed by atoms with Crippen LogP contribution < -0.4 is 10.2 Å². The Morgan fingerprint density at radius 3 is 2.26 bits per heavy atom. The summed E-state index contributed by atoms with van der Waals surface area (Å²) < 4.78 is 0. The van der Waals surface area contributed by atoms with E-state index in [1.54, 1.807) is 0 Å². The Morgan fingerprint density at radius 2 is 1.59 bits per heavy atom. The third kappa shape index (κ3) is 4.28. The van der Waals surface area contributed by atoms with Gasteiger partial charge in [0, 0.05) is 37.6 Å². The molecule has 1 aliphatic carbocycles. The zero-order valence-corrected chi connectivity index (χ0v) is 16.3. The van der Waals surface area contributed by atoms with Crippen molar-refractivity contribution in [2.24, 2.45) is 17.8 Å². The van der Waals surface area contributed by atoms with Gasteiger partial charge in [-0.05, 0) is 68.7 Å². The Bertz CT molecular complexity index is 673. The van der Waals surface area contributed by atoms with Crippen LogP contribution in [-0.2, 0) is 9.59 Å². The molecule has 5 nitrogen and oxygen atoms in total. The minimum Gasteiger partial charge on any atom is -0.372 e. The summed E-state index contributed by atoms with van der Waals surface area (Å²) in [7, 11) is 0. The molecular weight excluding hydrogens is 338 g/mol. The van der Waals surface area contributed by atoms with E-state index in [1.807, 2.05) is 17.0 Å². The van der Waals surface area contributed by atoms with Crippen LogP contribution in [0.4, 0.5) is 11.4 Å². The molecule has 0 radical (unpaired) electrons. The first-order valence-corrected chi connectivity index (χ1v) is 10.6. The highest BCUT2D eigenvalue weighted by Crippen LogP contribution is 2.41. The first-order valence-electron chi connectivity index (χ1n) is 10.6. The molecular formula is C22H31N3O2. The van der Waals surface area contributed by atoms with E-state index >= 15 is 0 Å². The summed E-state index contributed by atoms with van der Waals surface area (Å²) in [4.78, 5) is 29.4. The van der Waals surface area contributed by atoms with E-state index in [9.17, 15) is 9.59 Å². The van der Waals surface area contributed by atoms with Crippen LogP contribution >= 0.6 is 0 Å². The van der Waals surface area contributed by atoms with Crippen LogP contribution in [0.25, 0.3) is 0 Å². The second kappa shape index (κ2) is 7.91. The number of carbonyl (C=O) groups is 2. The SMILES string of the molecule is CC1CCN(c2ccc(NC(=O)C3CC3C(=O)N3CCCCC3)cc2)CC1. The molecule has 146 valence electrons. The van der Waals surface area contributed by atoms with Gasteiger partial charge in [0.15, 0.2) is 0 Å². The fourth-order valence-electron chi connectivity index (χ4n) is 4.36. The van der Waals surface area contributed by atoms with Crippen LogP contribution in [0.5, 0.6) is 0 Å². The van der Waals surface area contributed by atoms with Gasteiger partial charge in [0.2, 0.25) is 11.8 Å². The van der Waals surface area contributed by atoms with Crippen molar-refractivity contribution in [2.45, 2.75) is 45.4 Å². The van der Waals surface area contributed by atoms with Gasteiger partial charge >= 0.3 is 0 Å². The quantitative estimate of drug-likeness (QED) is 0.884. The number of anilines is 2. The van der Waals surface area contributed by atoms with Crippen LogP contribution in [0.2, 0.25) is 0 Å². The molecule has 2 amide bonds. The Kier molecular flexibility index (Phi) is 5.37. The van der Waals surface area contributed by atoms with Gasteiger partial charge in [0.25, 0.3) is 0 Å². The molecule has 1 aromatic rings. The maximum Gasteiger partial charge on any atom is 0.228 e. The molecule has 0 spiro atoms. The molecule has 3 aliphatic rings. The minimum atomic E-state index is -0.150. The van der Waals surface area contributed by atoms with Gasteiger partial charge < -0.3 is 15.1 Å². The average Bonchev–Trinajstić information content (AvgIpc) is 3.50. The molecule has 0 bridgehead atoms. The minimum absolute atomic E-state index is 0.00935. The number of rotatable bonds is 4. The third-order valence-corrected chi connectivity index (χ3v) is 6.40. The first-order chi connectivity index (χ1) is 13.1. The van der Waals surface area contributed by atoms with Gasteiger partial charge in [-0.2, -0.15) is 0 Å². The third-order valence-electron chi connectivity index (χ3n) is 6.40. The summed E-state index contributed by atoms with van der Waals surface area (Å²) in [5, 5.41) is 3.00. The van der Waals surface area contributed by atoms with Gasteiger partial charge in [-0.25, -0.2) is 0 Å². The van der Waals surface area contributed by atoms with Crippen molar-refractivity contribution in [1.82, 2.24) is 4.90 Å². The zero-order chi connectivity index (χ0) is 18.8. The van der Waals surface area contributed by atoms with Crippen molar-refractivity contribution < 1.29 is 9.59 Å². The Labute approximate surface area is 162 Å². The van der Waals surface area contributed by atoms with Crippen molar-refractivity contribution >= 4 is 23.2 Å². The largest absolute Gasteiger partial charge is 0.372 e. The molecule has 0 aromatic heterocycles. The Hall–Kier alpha value is -2.04. The van der Waals surface area contributed by atoms with Crippen molar-refractivity contribution in [1.29, 1.82) is 0 Å². The van der Waals surface area contributed by atoms with Crippen molar-refractivity contribution in [2.75, 3.05) is 36.4 Å². The number of carbonyl (C=O) groups excluding carboxylic acids is 2. The van der Waals surface area contributed by atoms with E-state index < -0.39 is 0 Å². The van der Waals surface area contributed by atoms with Crippen LogP contribution in [0.15, 0.2) is 24.3 Å². The van der Waals surface area contributed by atoms with Crippen LogP contribution in [0, 0.1) is 17.8 Å². The molecule has 2 heterocycles. The average molecular weight is 370 g/mol. The number of likely N-dealkylation sites (tertiary alicyclic amines) is 1. The van der Waals surface area contributed by atoms with E-state index in [0.29, 0.717) is 6.42 Å². The number of amides is 2. The van der Waals surface area contributed by atoms with Crippen molar-refractivity contribution in [3.8, 4) is 0 Å². The van der Waals surface area contributed by atoms with Crippen LogP contribution in [0.3, 0.4) is 0 Å². The summed E-state index contributed by atoms with van der Waals surface area (Å²) in [6, 6.07) is 8.15. The van der Waals surface area contributed by atoms with Crippen LogP contribution in [-0.4, -0.2) is 42.9 Å². The molecule has 1 N–H and O–H groups in total. The lowest BCUT2D eigenvalue weighted by atomic mass is 9.99. The lowest BCUT2D eigenvalue weighted by molar-refractivity contribution is -0.134. The first kappa shape index (κ1) is 18.3. The van der Waals surface area contributed by atoms with Crippen LogP contribution in [0.1, 0.15) is 45.4 Å². The molecule has 2 atom stereocenters. The second-order valence-corrected chi connectivity index (χ2v) is 8.54. The number of nitrogens with one attached hydrogen (secondary N) is 1. The van der Waals surface area contributed by atoms with E-state index in [2.05, 4.69) is 29.3 Å². The Balaban J connectivity index is 1.28. The zero-order valence-electron chi connectivity index (χ0n) is 16.3. The predicted molar refractivity (Wildman–Crippen MR) is 108 cm³/mol. The lowest BCUT2D eigenvalue weighted by Crippen LogP contribution is -2.37. The highest BCUT2D eigenvalue weighted by molar-refractivity contribution is 5.99. The molecule has 2 unspecified atom stereocenters. The van der Waals surface area contributed by atoms with E-state index in [4.69, 9.17) is 0 Å². The normalized spacial score (nSPS) is 26.0. The maximum absolute atomic E-state index is 12.5. The summed E-state index contributed by atoms with van der Waals surface area (Å²) in [6.07, 6.45) is 6.59. The molecule has 27 heavy (non-hydrogen) atoms. The molecule has 2 saturated heterocycles. The fraction of sp³-hybridized carbons (Fsp3) is 0.636. The predicted octanol–water partition coefficient (Wildman–Crippen LogP) is 3.51. The molecule has 2 aliphatic heterocycles. The van der Waals surface area contributed by atoms with Gasteiger partial charge in [0.05, 0.1) is 11.8 Å². The highest BCUT2D eigenvalue weighted by atomic mass is 16.2. The highest BCUT2D eigenvalue weighted by Gasteiger charge is 2.49. The smallest absolute Gasteiger partial charge is 0.228 e. The molecule has 5 heteroatoms. The summed E-state index contributed by atoms with van der Waals surface area (Å²) >= 11 is 0. The van der Waals surface area contributed by atoms with Gasteiger partial charge in [-0.3, -0.25) is 9.59 Å². The topological polar surface area (TPSA) is 52.7 Å². The molecule has 1 aromatic carbocycles. The monoisotopic (exact) mass is 369 g/mol. The van der Waals surface area contributed by atoms with E-state index in [-0.39, 0.29) is 23.7 Å². The summed E-state index contributed by atoms with van der Waals surface area (Å²) in [5.41, 5.74) is 2.05. The molecule has 4 rings (SSSR count). The Morgan fingerprint density at radius 1 is 0.926 bits per heavy atom. The maximum atomic E-state index is 12.5. The number of hydrogen-bond acceptors (Lipinski definition) is 3. The van der Waals surface area contributed by atoms with Crippen molar-refractivity contribution in [3.63, 3.8) is 0 Å². The van der Waals surface area contributed by atoms with Gasteiger partial charge in [0.1, 0.15) is 0 Å². The lowest BCUT2D eigenvalue weighted by Gasteiger charge is -2.32. The fourth-order valence-corrected chi connectivity index (χ4v) is 4.36. The van der Waals surface area contributed by atoms with E-state index in [0.717, 1.165) is 50.6 Å². The number of piperidine rings is 2. The molecule has 1 saturated carbocycles.